The Balaban J connectivity index is 1.36. The molecule has 0 atom stereocenters. The molecule has 1 amide bonds. The van der Waals surface area contributed by atoms with E-state index in [4.69, 9.17) is 4.52 Å². The third kappa shape index (κ3) is 3.56. The van der Waals surface area contributed by atoms with Gasteiger partial charge in [-0.3, -0.25) is 9.78 Å². The predicted molar refractivity (Wildman–Crippen MR) is 113 cm³/mol. The third-order valence-electron chi connectivity index (χ3n) is 4.81. The van der Waals surface area contributed by atoms with E-state index in [9.17, 15) is 4.79 Å². The molecule has 0 fully saturated rings. The van der Waals surface area contributed by atoms with Crippen LogP contribution >= 0.6 is 0 Å². The summed E-state index contributed by atoms with van der Waals surface area (Å²) in [4.78, 5) is 24.4. The number of fused-ring (bicyclic) bond motifs is 1. The van der Waals surface area contributed by atoms with E-state index in [0.717, 1.165) is 22.0 Å². The number of pyridine rings is 1. The van der Waals surface area contributed by atoms with Crippen LogP contribution in [-0.2, 0) is 6.42 Å². The van der Waals surface area contributed by atoms with Gasteiger partial charge >= 0.3 is 0 Å². The van der Waals surface area contributed by atoms with Crippen LogP contribution in [0.5, 0.6) is 0 Å². The lowest BCUT2D eigenvalue weighted by Crippen LogP contribution is -2.13. The first-order valence-corrected chi connectivity index (χ1v) is 9.46. The molecular weight excluding hydrogens is 378 g/mol. The van der Waals surface area contributed by atoms with E-state index in [1.54, 1.807) is 12.4 Å². The van der Waals surface area contributed by atoms with Crippen molar-refractivity contribution in [2.24, 2.45) is 0 Å². The van der Waals surface area contributed by atoms with Crippen molar-refractivity contribution in [3.8, 4) is 11.4 Å². The number of amides is 1. The minimum Gasteiger partial charge on any atom is -0.361 e. The average molecular weight is 395 g/mol. The molecule has 0 aliphatic carbocycles. The van der Waals surface area contributed by atoms with Gasteiger partial charge in [-0.2, -0.15) is 4.98 Å². The highest BCUT2D eigenvalue weighted by molar-refractivity contribution is 6.06. The molecule has 2 N–H and O–H groups in total. The maximum Gasteiger partial charge on any atom is 0.255 e. The van der Waals surface area contributed by atoms with Crippen LogP contribution in [0.25, 0.3) is 22.3 Å². The summed E-state index contributed by atoms with van der Waals surface area (Å²) < 4.78 is 5.40. The first kappa shape index (κ1) is 17.8. The molecule has 0 aliphatic heterocycles. The van der Waals surface area contributed by atoms with Crippen molar-refractivity contribution in [1.29, 1.82) is 0 Å². The van der Waals surface area contributed by atoms with Crippen LogP contribution in [0.4, 0.5) is 5.69 Å². The van der Waals surface area contributed by atoms with Gasteiger partial charge in [0.05, 0.1) is 6.42 Å². The summed E-state index contributed by atoms with van der Waals surface area (Å²) in [5.74, 6) is 0.766. The standard InChI is InChI=1S/C23H17N5O2/c29-23(17-8-7-15-9-11-25-20(15)12-17)26-19-6-2-1-4-16(19)13-21-27-22(28-30-21)18-5-3-10-24-14-18/h1-12,14,25H,13H2,(H,26,29). The van der Waals surface area contributed by atoms with Crippen LogP contribution < -0.4 is 5.32 Å². The number of para-hydroxylation sites is 1. The molecule has 5 aromatic rings. The van der Waals surface area contributed by atoms with Crippen LogP contribution in [0.2, 0.25) is 0 Å². The molecule has 0 bridgehead atoms. The van der Waals surface area contributed by atoms with E-state index < -0.39 is 0 Å². The molecule has 146 valence electrons. The Kier molecular flexibility index (Phi) is 4.53. The number of carbonyl (C=O) groups excluding carboxylic acids is 1. The van der Waals surface area contributed by atoms with Gasteiger partial charge in [-0.1, -0.05) is 29.4 Å². The third-order valence-corrected chi connectivity index (χ3v) is 4.81. The molecule has 0 radical (unpaired) electrons. The minimum absolute atomic E-state index is 0.180. The highest BCUT2D eigenvalue weighted by Crippen LogP contribution is 2.22. The molecule has 0 saturated heterocycles. The smallest absolute Gasteiger partial charge is 0.255 e. The summed E-state index contributed by atoms with van der Waals surface area (Å²) in [6.45, 7) is 0. The van der Waals surface area contributed by atoms with Crippen molar-refractivity contribution in [1.82, 2.24) is 20.1 Å². The van der Waals surface area contributed by atoms with Crippen molar-refractivity contribution >= 4 is 22.5 Å². The van der Waals surface area contributed by atoms with Gasteiger partial charge in [0.2, 0.25) is 11.7 Å². The second-order valence-corrected chi connectivity index (χ2v) is 6.82. The minimum atomic E-state index is -0.180. The Morgan fingerprint density at radius 1 is 1.07 bits per heavy atom. The van der Waals surface area contributed by atoms with Gasteiger partial charge in [-0.05, 0) is 47.3 Å². The summed E-state index contributed by atoms with van der Waals surface area (Å²) in [5.41, 5.74) is 3.87. The Labute approximate surface area is 171 Å². The number of aromatic amines is 1. The lowest BCUT2D eigenvalue weighted by Gasteiger charge is -2.10. The predicted octanol–water partition coefficient (Wildman–Crippen LogP) is 4.46. The Bertz CT molecular complexity index is 1320. The number of carbonyl (C=O) groups is 1. The van der Waals surface area contributed by atoms with Crippen molar-refractivity contribution in [2.45, 2.75) is 6.42 Å². The van der Waals surface area contributed by atoms with Crippen LogP contribution in [0, 0.1) is 0 Å². The molecule has 7 heteroatoms. The van der Waals surface area contributed by atoms with Gasteiger partial charge in [-0.15, -0.1) is 0 Å². The maximum absolute atomic E-state index is 12.8. The van der Waals surface area contributed by atoms with E-state index in [-0.39, 0.29) is 5.91 Å². The maximum atomic E-state index is 12.8. The molecule has 5 rings (SSSR count). The van der Waals surface area contributed by atoms with E-state index in [1.807, 2.05) is 66.9 Å². The Hall–Kier alpha value is -4.26. The first-order chi connectivity index (χ1) is 14.8. The number of rotatable bonds is 5. The monoisotopic (exact) mass is 395 g/mol. The van der Waals surface area contributed by atoms with Gasteiger partial charge in [0.15, 0.2) is 0 Å². The molecule has 0 aliphatic rings. The van der Waals surface area contributed by atoms with Gasteiger partial charge in [0.25, 0.3) is 5.91 Å². The largest absolute Gasteiger partial charge is 0.361 e. The lowest BCUT2D eigenvalue weighted by molar-refractivity contribution is 0.102. The summed E-state index contributed by atoms with van der Waals surface area (Å²) in [7, 11) is 0. The fourth-order valence-corrected chi connectivity index (χ4v) is 3.28. The summed E-state index contributed by atoms with van der Waals surface area (Å²) in [5, 5.41) is 8.08. The van der Waals surface area contributed by atoms with E-state index in [1.165, 1.54) is 0 Å². The second kappa shape index (κ2) is 7.63. The SMILES string of the molecule is O=C(Nc1ccccc1Cc1nc(-c2cccnc2)no1)c1ccc2cc[nH]c2c1. The highest BCUT2D eigenvalue weighted by atomic mass is 16.5. The fourth-order valence-electron chi connectivity index (χ4n) is 3.28. The van der Waals surface area contributed by atoms with Crippen LogP contribution in [0.15, 0.2) is 83.8 Å². The normalized spacial score (nSPS) is 10.9. The molecule has 2 aromatic carbocycles. The first-order valence-electron chi connectivity index (χ1n) is 9.46. The van der Waals surface area contributed by atoms with Crippen molar-refractivity contribution in [3.05, 3.63) is 96.3 Å². The zero-order valence-corrected chi connectivity index (χ0v) is 15.9. The van der Waals surface area contributed by atoms with Crippen LogP contribution in [0.1, 0.15) is 21.8 Å². The van der Waals surface area contributed by atoms with Crippen molar-refractivity contribution in [2.75, 3.05) is 5.32 Å². The number of H-pyrrole nitrogens is 1. The summed E-state index contributed by atoms with van der Waals surface area (Å²) in [6, 6.07) is 18.8. The average Bonchev–Trinajstić information content (AvgIpc) is 3.44. The molecule has 7 nitrogen and oxygen atoms in total. The highest BCUT2D eigenvalue weighted by Gasteiger charge is 2.14. The summed E-state index contributed by atoms with van der Waals surface area (Å²) in [6.07, 6.45) is 5.63. The van der Waals surface area contributed by atoms with Crippen LogP contribution in [0.3, 0.4) is 0 Å². The van der Waals surface area contributed by atoms with Crippen LogP contribution in [-0.4, -0.2) is 26.0 Å². The number of hydrogen-bond donors (Lipinski definition) is 2. The second-order valence-electron chi connectivity index (χ2n) is 6.82. The summed E-state index contributed by atoms with van der Waals surface area (Å²) >= 11 is 0. The van der Waals surface area contributed by atoms with Crippen molar-refractivity contribution in [3.63, 3.8) is 0 Å². The van der Waals surface area contributed by atoms with Crippen molar-refractivity contribution < 1.29 is 9.32 Å². The number of anilines is 1. The molecule has 0 saturated carbocycles. The number of hydrogen-bond acceptors (Lipinski definition) is 5. The number of nitrogens with zero attached hydrogens (tertiary/aromatic N) is 3. The number of aromatic nitrogens is 4. The zero-order chi connectivity index (χ0) is 20.3. The molecule has 3 heterocycles. The lowest BCUT2D eigenvalue weighted by atomic mass is 10.1. The zero-order valence-electron chi connectivity index (χ0n) is 15.9. The molecule has 3 aromatic heterocycles. The Morgan fingerprint density at radius 2 is 2.00 bits per heavy atom. The molecular formula is C23H17N5O2. The molecule has 0 spiro atoms. The number of nitrogens with one attached hydrogen (secondary N) is 2. The van der Waals surface area contributed by atoms with Gasteiger partial charge in [0.1, 0.15) is 0 Å². The number of benzene rings is 2. The van der Waals surface area contributed by atoms with Gasteiger partial charge in [-0.25, -0.2) is 0 Å². The fraction of sp³-hybridized carbons (Fsp3) is 0.0435. The molecule has 0 unspecified atom stereocenters. The quantitative estimate of drug-likeness (QED) is 0.458. The van der Waals surface area contributed by atoms with E-state index in [2.05, 4.69) is 25.4 Å². The molecule has 30 heavy (non-hydrogen) atoms. The van der Waals surface area contributed by atoms with Gasteiger partial charge in [0, 0.05) is 40.9 Å². The Morgan fingerprint density at radius 3 is 2.90 bits per heavy atom. The van der Waals surface area contributed by atoms with Gasteiger partial charge < -0.3 is 14.8 Å². The van der Waals surface area contributed by atoms with E-state index in [0.29, 0.717) is 29.4 Å². The topological polar surface area (TPSA) is 96.7 Å². The van der Waals surface area contributed by atoms with E-state index >= 15 is 0 Å².